The predicted octanol–water partition coefficient (Wildman–Crippen LogP) is 4.16. The number of carbonyl (C=O) groups is 1. The van der Waals surface area contributed by atoms with Gasteiger partial charge >= 0.3 is 0 Å². The van der Waals surface area contributed by atoms with Crippen molar-refractivity contribution in [1.82, 2.24) is 19.4 Å². The maximum Gasteiger partial charge on any atom is 0.262 e. The quantitative estimate of drug-likeness (QED) is 0.327. The van der Waals surface area contributed by atoms with Gasteiger partial charge in [0.25, 0.3) is 5.91 Å². The normalized spacial score (nSPS) is 20.2. The lowest BCUT2D eigenvalue weighted by Gasteiger charge is -2.30. The number of ether oxygens (including phenoxy) is 1. The van der Waals surface area contributed by atoms with E-state index in [0.717, 1.165) is 31.4 Å². The molecule has 3 aromatic rings. The summed E-state index contributed by atoms with van der Waals surface area (Å²) in [4.78, 5) is 13.1. The number of benzene rings is 2. The van der Waals surface area contributed by atoms with Crippen LogP contribution >= 0.6 is 0 Å². The van der Waals surface area contributed by atoms with E-state index in [1.54, 1.807) is 39.4 Å². The molecule has 40 heavy (non-hydrogen) atoms. The fourth-order valence-corrected chi connectivity index (χ4v) is 6.80. The molecule has 5 rings (SSSR count). The number of nitrogens with one attached hydrogen (secondary N) is 1. The second-order valence-electron chi connectivity index (χ2n) is 10.4. The summed E-state index contributed by atoms with van der Waals surface area (Å²) in [6.07, 6.45) is 6.87. The fraction of sp³-hybridized carbons (Fsp3) is 0.367. The number of sulfonamides is 1. The third kappa shape index (κ3) is 6.17. The highest BCUT2D eigenvalue weighted by atomic mass is 32.2. The van der Waals surface area contributed by atoms with Gasteiger partial charge in [0.2, 0.25) is 10.0 Å². The monoisotopic (exact) mass is 559 g/mol. The molecule has 2 fully saturated rings. The SMILES string of the molecule is CC1CCCN(S(=O)(=O)c2cccc(-c3nn(-c4ccccc4)cc3/C=C(/C#N)C(=O)NCC3CCCO3)c2)C1. The summed E-state index contributed by atoms with van der Waals surface area (Å²) in [5.41, 5.74) is 2.28. The van der Waals surface area contributed by atoms with Crippen LogP contribution in [-0.2, 0) is 19.6 Å². The van der Waals surface area contributed by atoms with Gasteiger partial charge in [-0.25, -0.2) is 13.1 Å². The number of rotatable bonds is 8. The van der Waals surface area contributed by atoms with Crippen LogP contribution in [0.4, 0.5) is 0 Å². The third-order valence-electron chi connectivity index (χ3n) is 7.31. The van der Waals surface area contributed by atoms with Crippen molar-refractivity contribution in [3.63, 3.8) is 0 Å². The molecule has 1 aromatic heterocycles. The summed E-state index contributed by atoms with van der Waals surface area (Å²) in [7, 11) is -3.69. The van der Waals surface area contributed by atoms with E-state index in [4.69, 9.17) is 9.84 Å². The summed E-state index contributed by atoms with van der Waals surface area (Å²) in [6.45, 7) is 4.07. The second-order valence-corrected chi connectivity index (χ2v) is 12.3. The van der Waals surface area contributed by atoms with Crippen molar-refractivity contribution in [2.24, 2.45) is 5.92 Å². The van der Waals surface area contributed by atoms with Gasteiger partial charge in [-0.05, 0) is 61.9 Å². The molecule has 2 unspecified atom stereocenters. The molecular formula is C30H33N5O4S. The lowest BCUT2D eigenvalue weighted by atomic mass is 10.0. The summed E-state index contributed by atoms with van der Waals surface area (Å²) >= 11 is 0. The molecule has 2 aliphatic rings. The molecule has 10 heteroatoms. The van der Waals surface area contributed by atoms with Gasteiger partial charge < -0.3 is 10.1 Å². The van der Waals surface area contributed by atoms with Crippen molar-refractivity contribution in [1.29, 1.82) is 5.26 Å². The van der Waals surface area contributed by atoms with E-state index >= 15 is 0 Å². The maximum absolute atomic E-state index is 13.5. The molecule has 9 nitrogen and oxygen atoms in total. The number of hydrogen-bond acceptors (Lipinski definition) is 6. The number of nitriles is 1. The van der Waals surface area contributed by atoms with Gasteiger partial charge in [-0.1, -0.05) is 37.3 Å². The molecule has 1 amide bonds. The molecule has 208 valence electrons. The van der Waals surface area contributed by atoms with E-state index in [1.165, 1.54) is 6.08 Å². The minimum atomic E-state index is -3.69. The first-order chi connectivity index (χ1) is 19.3. The van der Waals surface area contributed by atoms with Crippen molar-refractivity contribution in [3.05, 3.63) is 71.9 Å². The van der Waals surface area contributed by atoms with Gasteiger partial charge in [0.1, 0.15) is 17.3 Å². The highest BCUT2D eigenvalue weighted by Gasteiger charge is 2.29. The van der Waals surface area contributed by atoms with E-state index in [1.807, 2.05) is 36.4 Å². The van der Waals surface area contributed by atoms with Crippen LogP contribution in [0, 0.1) is 17.2 Å². The highest BCUT2D eigenvalue weighted by molar-refractivity contribution is 7.89. The molecule has 0 spiro atoms. The van der Waals surface area contributed by atoms with E-state index in [0.29, 0.717) is 49.0 Å². The second kappa shape index (κ2) is 12.2. The van der Waals surface area contributed by atoms with Crippen LogP contribution in [0.15, 0.2) is 71.3 Å². The Labute approximate surface area is 235 Å². The molecule has 2 aliphatic heterocycles. The first kappa shape index (κ1) is 27.8. The summed E-state index contributed by atoms with van der Waals surface area (Å²) < 4.78 is 35.8. The van der Waals surface area contributed by atoms with Crippen molar-refractivity contribution in [3.8, 4) is 23.0 Å². The van der Waals surface area contributed by atoms with Crippen molar-refractivity contribution in [2.75, 3.05) is 26.2 Å². The topological polar surface area (TPSA) is 117 Å². The average molecular weight is 560 g/mol. The van der Waals surface area contributed by atoms with E-state index in [9.17, 15) is 18.5 Å². The number of hydrogen-bond donors (Lipinski definition) is 1. The molecule has 0 aliphatic carbocycles. The van der Waals surface area contributed by atoms with Crippen molar-refractivity contribution < 1.29 is 17.9 Å². The molecule has 2 aromatic carbocycles. The van der Waals surface area contributed by atoms with Crippen LogP contribution < -0.4 is 5.32 Å². The van der Waals surface area contributed by atoms with Gasteiger partial charge in [-0.3, -0.25) is 4.79 Å². The Balaban J connectivity index is 1.51. The Hall–Kier alpha value is -3.78. The van der Waals surface area contributed by atoms with Crippen LogP contribution in [-0.4, -0.2) is 60.8 Å². The van der Waals surface area contributed by atoms with Crippen molar-refractivity contribution >= 4 is 22.0 Å². The van der Waals surface area contributed by atoms with Gasteiger partial charge in [-0.15, -0.1) is 0 Å². The molecular weight excluding hydrogens is 526 g/mol. The number of piperidine rings is 1. The molecule has 0 bridgehead atoms. The first-order valence-electron chi connectivity index (χ1n) is 13.6. The highest BCUT2D eigenvalue weighted by Crippen LogP contribution is 2.30. The molecule has 0 radical (unpaired) electrons. The minimum absolute atomic E-state index is 0.0483. The van der Waals surface area contributed by atoms with Crippen LogP contribution in [0.2, 0.25) is 0 Å². The molecule has 2 atom stereocenters. The fourth-order valence-electron chi connectivity index (χ4n) is 5.16. The number of aromatic nitrogens is 2. The Morgan fingerprint density at radius 2 is 2.00 bits per heavy atom. The number of nitrogens with zero attached hydrogens (tertiary/aromatic N) is 4. The van der Waals surface area contributed by atoms with Crippen molar-refractivity contribution in [2.45, 2.75) is 43.6 Å². The van der Waals surface area contributed by atoms with Crippen LogP contribution in [0.3, 0.4) is 0 Å². The van der Waals surface area contributed by atoms with Crippen LogP contribution in [0.5, 0.6) is 0 Å². The predicted molar refractivity (Wildman–Crippen MR) is 152 cm³/mol. The molecule has 1 N–H and O–H groups in total. The third-order valence-corrected chi connectivity index (χ3v) is 9.17. The zero-order valence-corrected chi connectivity index (χ0v) is 23.3. The summed E-state index contributed by atoms with van der Waals surface area (Å²) in [6, 6.07) is 18.2. The smallest absolute Gasteiger partial charge is 0.262 e. The molecule has 0 saturated carbocycles. The maximum atomic E-state index is 13.5. The Kier molecular flexibility index (Phi) is 8.45. The lowest BCUT2D eigenvalue weighted by Crippen LogP contribution is -2.39. The van der Waals surface area contributed by atoms with Crippen LogP contribution in [0.25, 0.3) is 23.0 Å². The standard InChI is InChI=1S/C30H33N5O4S/c1-22-8-6-14-34(20-22)40(37,38)28-13-5-9-23(17-28)29-25(21-35(33-29)26-10-3-2-4-11-26)16-24(18-31)30(36)32-19-27-12-7-15-39-27/h2-5,9-11,13,16-17,21-22,27H,6-8,12,14-15,19-20H2,1H3,(H,32,36)/b24-16-. The Morgan fingerprint density at radius 3 is 2.73 bits per heavy atom. The largest absolute Gasteiger partial charge is 0.376 e. The zero-order valence-electron chi connectivity index (χ0n) is 22.5. The summed E-state index contributed by atoms with van der Waals surface area (Å²) in [5, 5.41) is 17.4. The first-order valence-corrected chi connectivity index (χ1v) is 15.1. The number of para-hydroxylation sites is 1. The van der Waals surface area contributed by atoms with Gasteiger partial charge in [0, 0.05) is 43.6 Å². The van der Waals surface area contributed by atoms with E-state index in [-0.39, 0.29) is 16.6 Å². The summed E-state index contributed by atoms with van der Waals surface area (Å²) in [5.74, 6) is -0.187. The van der Waals surface area contributed by atoms with E-state index < -0.39 is 15.9 Å². The lowest BCUT2D eigenvalue weighted by molar-refractivity contribution is -0.117. The Morgan fingerprint density at radius 1 is 1.18 bits per heavy atom. The van der Waals surface area contributed by atoms with Gasteiger partial charge in [-0.2, -0.15) is 14.7 Å². The van der Waals surface area contributed by atoms with Gasteiger partial charge in [0.15, 0.2) is 0 Å². The Bertz CT molecular complexity index is 1540. The zero-order chi connectivity index (χ0) is 28.1. The van der Waals surface area contributed by atoms with Crippen LogP contribution in [0.1, 0.15) is 38.2 Å². The average Bonchev–Trinajstić information content (AvgIpc) is 3.65. The minimum Gasteiger partial charge on any atom is -0.376 e. The van der Waals surface area contributed by atoms with E-state index in [2.05, 4.69) is 12.2 Å². The number of carbonyl (C=O) groups excluding carboxylic acids is 1. The molecule has 2 saturated heterocycles. The molecule has 3 heterocycles. The number of amides is 1. The van der Waals surface area contributed by atoms with Gasteiger partial charge in [0.05, 0.1) is 16.7 Å².